The number of Topliss-reactive ketones (excluding diaryl/α,β-unsaturated/α-hetero) is 1. The van der Waals surface area contributed by atoms with Gasteiger partial charge >= 0.3 is 5.97 Å². The molecular formula is C25H25NO3S. The number of thioether (sulfide) groups is 1. The van der Waals surface area contributed by atoms with Gasteiger partial charge in [-0.1, -0.05) is 78.5 Å². The minimum atomic E-state index is -0.284. The molecule has 0 N–H and O–H groups in total. The van der Waals surface area contributed by atoms with E-state index in [1.54, 1.807) is 11.8 Å². The number of fused-ring (bicyclic) bond motifs is 1. The number of hydrogen-bond acceptors (Lipinski definition) is 5. The van der Waals surface area contributed by atoms with E-state index in [1.165, 1.54) is 0 Å². The van der Waals surface area contributed by atoms with Gasteiger partial charge in [0.25, 0.3) is 0 Å². The van der Waals surface area contributed by atoms with E-state index in [-0.39, 0.29) is 17.1 Å². The first-order valence-electron chi connectivity index (χ1n) is 10.4. The quantitative estimate of drug-likeness (QED) is 0.498. The summed E-state index contributed by atoms with van der Waals surface area (Å²) in [6.07, 6.45) is 6.85. The van der Waals surface area contributed by atoms with Crippen LogP contribution in [0.15, 0.2) is 77.3 Å². The van der Waals surface area contributed by atoms with E-state index in [1.807, 2.05) is 48.5 Å². The predicted octanol–water partition coefficient (Wildman–Crippen LogP) is 5.29. The second-order valence-corrected chi connectivity index (χ2v) is 8.55. The fourth-order valence-corrected chi connectivity index (χ4v) is 5.09. The summed E-state index contributed by atoms with van der Waals surface area (Å²) in [5.74, 6) is -0.0121. The van der Waals surface area contributed by atoms with Crippen LogP contribution >= 0.6 is 11.8 Å². The molecule has 0 aromatic heterocycles. The van der Waals surface area contributed by atoms with Crippen LogP contribution in [0.2, 0.25) is 0 Å². The molecule has 1 atom stereocenters. The number of carbonyl (C=O) groups is 2. The van der Waals surface area contributed by atoms with Crippen molar-refractivity contribution in [3.8, 4) is 0 Å². The van der Waals surface area contributed by atoms with Crippen LogP contribution in [-0.4, -0.2) is 35.2 Å². The average molecular weight is 420 g/mol. The summed E-state index contributed by atoms with van der Waals surface area (Å²) in [5, 5.41) is -0.284. The molecule has 2 aromatic rings. The lowest BCUT2D eigenvalue weighted by molar-refractivity contribution is -0.143. The van der Waals surface area contributed by atoms with Crippen LogP contribution in [0, 0.1) is 0 Å². The molecule has 2 aliphatic rings. The lowest BCUT2D eigenvalue weighted by Gasteiger charge is -2.27. The van der Waals surface area contributed by atoms with Crippen molar-refractivity contribution in [2.75, 3.05) is 13.2 Å². The molecule has 4 rings (SSSR count). The number of ketones is 1. The van der Waals surface area contributed by atoms with Gasteiger partial charge in [0.05, 0.1) is 6.61 Å². The van der Waals surface area contributed by atoms with Gasteiger partial charge in [-0.05, 0) is 24.5 Å². The Bertz CT molecular complexity index is 953. The molecule has 1 unspecified atom stereocenters. The number of benzene rings is 2. The number of cyclic esters (lactones) is 1. The van der Waals surface area contributed by atoms with Crippen LogP contribution < -0.4 is 0 Å². The predicted molar refractivity (Wildman–Crippen MR) is 121 cm³/mol. The fourth-order valence-electron chi connectivity index (χ4n) is 3.72. The van der Waals surface area contributed by atoms with E-state index < -0.39 is 0 Å². The molecule has 0 saturated heterocycles. The van der Waals surface area contributed by atoms with Crippen LogP contribution in [0.4, 0.5) is 0 Å². The largest absolute Gasteiger partial charge is 0.465 e. The number of carbonyl (C=O) groups excluding carboxylic acids is 2. The van der Waals surface area contributed by atoms with Gasteiger partial charge in [-0.3, -0.25) is 9.59 Å². The zero-order valence-electron chi connectivity index (χ0n) is 16.8. The molecule has 30 heavy (non-hydrogen) atoms. The van der Waals surface area contributed by atoms with Crippen LogP contribution in [0.25, 0.3) is 6.08 Å². The summed E-state index contributed by atoms with van der Waals surface area (Å²) >= 11 is 1.59. The summed E-state index contributed by atoms with van der Waals surface area (Å²) in [4.78, 5) is 28.5. The van der Waals surface area contributed by atoms with Crippen LogP contribution in [0.1, 0.15) is 41.6 Å². The van der Waals surface area contributed by atoms with Crippen LogP contribution in [0.3, 0.4) is 0 Å². The third-order valence-electron chi connectivity index (χ3n) is 5.27. The Morgan fingerprint density at radius 3 is 2.47 bits per heavy atom. The van der Waals surface area contributed by atoms with Gasteiger partial charge in [-0.15, -0.1) is 0 Å². The Hall–Kier alpha value is -2.79. The molecule has 2 aromatic carbocycles. The summed E-state index contributed by atoms with van der Waals surface area (Å²) in [6.45, 7) is 1.09. The summed E-state index contributed by atoms with van der Waals surface area (Å²) in [5.41, 5.74) is 2.91. The molecule has 0 saturated carbocycles. The number of allylic oxidation sites excluding steroid dienone is 1. The zero-order chi connectivity index (χ0) is 20.8. The zero-order valence-corrected chi connectivity index (χ0v) is 17.6. The van der Waals surface area contributed by atoms with E-state index in [9.17, 15) is 9.59 Å². The normalized spacial score (nSPS) is 20.2. The van der Waals surface area contributed by atoms with E-state index >= 15 is 0 Å². The van der Waals surface area contributed by atoms with E-state index in [2.05, 4.69) is 29.2 Å². The third-order valence-corrected chi connectivity index (χ3v) is 6.66. The van der Waals surface area contributed by atoms with Crippen molar-refractivity contribution in [1.29, 1.82) is 0 Å². The Morgan fingerprint density at radius 2 is 1.70 bits per heavy atom. The van der Waals surface area contributed by atoms with E-state index in [0.29, 0.717) is 19.4 Å². The number of hydrogen-bond donors (Lipinski definition) is 0. The lowest BCUT2D eigenvalue weighted by Crippen LogP contribution is -2.35. The first kappa shape index (κ1) is 20.5. The maximum absolute atomic E-state index is 13.3. The van der Waals surface area contributed by atoms with Crippen molar-refractivity contribution < 1.29 is 14.3 Å². The molecule has 0 radical (unpaired) electrons. The Labute approximate surface area is 181 Å². The smallest absolute Gasteiger partial charge is 0.305 e. The van der Waals surface area contributed by atoms with E-state index in [0.717, 1.165) is 41.1 Å². The van der Waals surface area contributed by atoms with Gasteiger partial charge in [0.1, 0.15) is 5.37 Å². The first-order chi connectivity index (χ1) is 14.7. The summed E-state index contributed by atoms with van der Waals surface area (Å²) in [7, 11) is 0. The monoisotopic (exact) mass is 419 g/mol. The topological polar surface area (TPSA) is 46.6 Å². The number of ether oxygens (including phenoxy) is 1. The lowest BCUT2D eigenvalue weighted by atomic mass is 10.1. The third kappa shape index (κ3) is 4.85. The van der Waals surface area contributed by atoms with Crippen molar-refractivity contribution in [2.24, 2.45) is 0 Å². The molecular weight excluding hydrogens is 394 g/mol. The molecule has 5 heteroatoms. The standard InChI is InChI=1S/C25H25NO3S/c27-23-13-7-8-17-26-21(15-14-19-9-3-1-4-10-19)22(16-18-29-23)30-25(26)24(28)20-11-5-2-6-12-20/h1-6,9-12,14-15,25H,7-8,13,16-18H2/b15-14+. The fraction of sp³-hybridized carbons (Fsp3) is 0.280. The van der Waals surface area contributed by atoms with Crippen LogP contribution in [-0.2, 0) is 9.53 Å². The maximum Gasteiger partial charge on any atom is 0.305 e. The van der Waals surface area contributed by atoms with Crippen LogP contribution in [0.5, 0.6) is 0 Å². The Morgan fingerprint density at radius 1 is 0.967 bits per heavy atom. The molecule has 0 spiro atoms. The Balaban J connectivity index is 1.65. The van der Waals surface area contributed by atoms with Crippen molar-refractivity contribution in [3.63, 3.8) is 0 Å². The molecule has 154 valence electrons. The number of rotatable bonds is 4. The van der Waals surface area contributed by atoms with Gasteiger partial charge in [-0.25, -0.2) is 0 Å². The van der Waals surface area contributed by atoms with E-state index in [4.69, 9.17) is 4.74 Å². The van der Waals surface area contributed by atoms with Gasteiger partial charge < -0.3 is 9.64 Å². The molecule has 0 fully saturated rings. The molecule has 2 aliphatic heterocycles. The number of esters is 1. The maximum atomic E-state index is 13.3. The van der Waals surface area contributed by atoms with Crippen molar-refractivity contribution in [2.45, 2.75) is 31.1 Å². The highest BCUT2D eigenvalue weighted by molar-refractivity contribution is 8.04. The van der Waals surface area contributed by atoms with Gasteiger partial charge in [-0.2, -0.15) is 0 Å². The average Bonchev–Trinajstić information content (AvgIpc) is 3.11. The Kier molecular flexibility index (Phi) is 6.70. The minimum absolute atomic E-state index is 0.121. The molecule has 0 aliphatic carbocycles. The minimum Gasteiger partial charge on any atom is -0.465 e. The highest BCUT2D eigenvalue weighted by Gasteiger charge is 2.36. The second kappa shape index (κ2) is 9.81. The molecule has 0 amide bonds. The van der Waals surface area contributed by atoms with Gasteiger partial charge in [0.2, 0.25) is 0 Å². The van der Waals surface area contributed by atoms with Gasteiger partial charge in [0, 0.05) is 35.6 Å². The van der Waals surface area contributed by atoms with Crippen molar-refractivity contribution >= 4 is 29.6 Å². The SMILES string of the molecule is O=C1CCCCN2C(/C=C/c3ccccc3)=C(CCO1)SC2C(=O)c1ccccc1. The molecule has 2 bridgehead atoms. The van der Waals surface area contributed by atoms with Crippen molar-refractivity contribution in [1.82, 2.24) is 4.90 Å². The van der Waals surface area contributed by atoms with Gasteiger partial charge in [0.15, 0.2) is 5.78 Å². The highest BCUT2D eigenvalue weighted by atomic mass is 32.2. The summed E-state index contributed by atoms with van der Waals surface area (Å²) < 4.78 is 5.40. The van der Waals surface area contributed by atoms with Crippen molar-refractivity contribution in [3.05, 3.63) is 88.5 Å². The molecule has 2 heterocycles. The highest BCUT2D eigenvalue weighted by Crippen LogP contribution is 2.42. The number of nitrogens with zero attached hydrogens (tertiary/aromatic N) is 1. The first-order valence-corrected chi connectivity index (χ1v) is 11.2. The second-order valence-electron chi connectivity index (χ2n) is 7.37. The summed E-state index contributed by atoms with van der Waals surface area (Å²) in [6, 6.07) is 19.6. The molecule has 4 nitrogen and oxygen atoms in total.